The van der Waals surface area contributed by atoms with Gasteiger partial charge in [-0.1, -0.05) is 0 Å². The molecular formula is C15H25N3O4. The maximum Gasteiger partial charge on any atom is 0.410 e. The number of carbonyl (C=O) groups is 1. The lowest BCUT2D eigenvalue weighted by Gasteiger charge is -2.38. The van der Waals surface area contributed by atoms with Gasteiger partial charge in [-0.05, 0) is 26.3 Å². The first-order chi connectivity index (χ1) is 10.3. The summed E-state index contributed by atoms with van der Waals surface area (Å²) >= 11 is 0. The Hall–Kier alpha value is -1.60. The van der Waals surface area contributed by atoms with Crippen molar-refractivity contribution in [1.82, 2.24) is 14.7 Å². The number of aliphatic hydroxyl groups excluding tert-OH is 1. The highest BCUT2D eigenvalue weighted by Crippen LogP contribution is 2.18. The molecule has 0 aromatic carbocycles. The van der Waals surface area contributed by atoms with Gasteiger partial charge in [0.1, 0.15) is 5.60 Å². The SMILES string of the molecule is Cn1cc(CC(O)C2COCCN2C(=O)OC(C)(C)C)cn1. The largest absolute Gasteiger partial charge is 0.444 e. The molecule has 2 atom stereocenters. The van der Waals surface area contributed by atoms with Gasteiger partial charge in [-0.15, -0.1) is 0 Å². The number of hydrogen-bond donors (Lipinski definition) is 1. The minimum atomic E-state index is -0.725. The van der Waals surface area contributed by atoms with Crippen LogP contribution < -0.4 is 0 Å². The van der Waals surface area contributed by atoms with Crippen molar-refractivity contribution in [2.75, 3.05) is 19.8 Å². The van der Waals surface area contributed by atoms with Crippen LogP contribution in [0.4, 0.5) is 4.79 Å². The molecule has 1 aliphatic heterocycles. The third-order valence-electron chi connectivity index (χ3n) is 3.44. The van der Waals surface area contributed by atoms with Crippen LogP contribution in [0.15, 0.2) is 12.4 Å². The molecule has 0 spiro atoms. The highest BCUT2D eigenvalue weighted by Gasteiger charge is 2.35. The first kappa shape index (κ1) is 16.8. The summed E-state index contributed by atoms with van der Waals surface area (Å²) in [6.07, 6.45) is 2.85. The predicted molar refractivity (Wildman–Crippen MR) is 80.5 cm³/mol. The van der Waals surface area contributed by atoms with Gasteiger partial charge in [-0.2, -0.15) is 5.10 Å². The monoisotopic (exact) mass is 311 g/mol. The summed E-state index contributed by atoms with van der Waals surface area (Å²) in [5, 5.41) is 14.6. The molecule has 7 nitrogen and oxygen atoms in total. The smallest absolute Gasteiger partial charge is 0.410 e. The van der Waals surface area contributed by atoms with Crippen molar-refractivity contribution in [2.24, 2.45) is 7.05 Å². The summed E-state index contributed by atoms with van der Waals surface area (Å²) in [6, 6.07) is -0.413. The van der Waals surface area contributed by atoms with E-state index in [1.807, 2.05) is 34.0 Å². The average Bonchev–Trinajstić information content (AvgIpc) is 2.82. The normalized spacial score (nSPS) is 20.8. The van der Waals surface area contributed by atoms with Crippen LogP contribution in [0.5, 0.6) is 0 Å². The van der Waals surface area contributed by atoms with E-state index < -0.39 is 23.8 Å². The van der Waals surface area contributed by atoms with Gasteiger partial charge in [0.15, 0.2) is 0 Å². The van der Waals surface area contributed by atoms with E-state index in [0.29, 0.717) is 26.2 Å². The first-order valence-electron chi connectivity index (χ1n) is 7.49. The van der Waals surface area contributed by atoms with Crippen molar-refractivity contribution >= 4 is 6.09 Å². The summed E-state index contributed by atoms with van der Waals surface area (Å²) in [5.74, 6) is 0. The molecule has 2 unspecified atom stereocenters. The Morgan fingerprint density at radius 3 is 2.91 bits per heavy atom. The fraction of sp³-hybridized carbons (Fsp3) is 0.733. The molecule has 1 saturated heterocycles. The number of morpholine rings is 1. The minimum Gasteiger partial charge on any atom is -0.444 e. The van der Waals surface area contributed by atoms with Crippen LogP contribution in [0.2, 0.25) is 0 Å². The van der Waals surface area contributed by atoms with E-state index in [2.05, 4.69) is 5.10 Å². The van der Waals surface area contributed by atoms with Crippen molar-refractivity contribution in [2.45, 2.75) is 44.9 Å². The third-order valence-corrected chi connectivity index (χ3v) is 3.44. The Morgan fingerprint density at radius 1 is 1.59 bits per heavy atom. The van der Waals surface area contributed by atoms with Gasteiger partial charge in [0.25, 0.3) is 0 Å². The Labute approximate surface area is 130 Å². The van der Waals surface area contributed by atoms with Gasteiger partial charge in [0, 0.05) is 26.2 Å². The molecule has 7 heteroatoms. The van der Waals surface area contributed by atoms with E-state index in [4.69, 9.17) is 9.47 Å². The van der Waals surface area contributed by atoms with Crippen LogP contribution in [0.1, 0.15) is 26.3 Å². The van der Waals surface area contributed by atoms with Crippen molar-refractivity contribution in [3.05, 3.63) is 18.0 Å². The molecule has 1 aromatic rings. The predicted octanol–water partition coefficient (Wildman–Crippen LogP) is 0.959. The molecule has 1 fully saturated rings. The lowest BCUT2D eigenvalue weighted by atomic mass is 10.0. The van der Waals surface area contributed by atoms with Crippen molar-refractivity contribution in [3.8, 4) is 0 Å². The quantitative estimate of drug-likeness (QED) is 0.900. The number of aryl methyl sites for hydroxylation is 1. The molecule has 1 aromatic heterocycles. The Morgan fingerprint density at radius 2 is 2.32 bits per heavy atom. The second-order valence-corrected chi connectivity index (χ2v) is 6.61. The zero-order chi connectivity index (χ0) is 16.3. The Balaban J connectivity index is 2.03. The number of carbonyl (C=O) groups excluding carboxylic acids is 1. The molecule has 2 heterocycles. The molecule has 124 valence electrons. The van der Waals surface area contributed by atoms with E-state index in [1.54, 1.807) is 15.8 Å². The van der Waals surface area contributed by atoms with Crippen molar-refractivity contribution in [1.29, 1.82) is 0 Å². The lowest BCUT2D eigenvalue weighted by Crippen LogP contribution is -2.55. The zero-order valence-corrected chi connectivity index (χ0v) is 13.7. The van der Waals surface area contributed by atoms with Crippen LogP contribution in [-0.4, -0.2) is 63.4 Å². The molecule has 22 heavy (non-hydrogen) atoms. The van der Waals surface area contributed by atoms with E-state index >= 15 is 0 Å². The van der Waals surface area contributed by atoms with Gasteiger partial charge in [-0.3, -0.25) is 9.58 Å². The molecule has 0 saturated carbocycles. The molecule has 0 bridgehead atoms. The van der Waals surface area contributed by atoms with Crippen LogP contribution in [0.3, 0.4) is 0 Å². The summed E-state index contributed by atoms with van der Waals surface area (Å²) in [6.45, 7) is 6.66. The summed E-state index contributed by atoms with van der Waals surface area (Å²) in [4.78, 5) is 13.9. The average molecular weight is 311 g/mol. The summed E-state index contributed by atoms with van der Waals surface area (Å²) in [7, 11) is 1.83. The topological polar surface area (TPSA) is 76.8 Å². The third kappa shape index (κ3) is 4.45. The molecular weight excluding hydrogens is 286 g/mol. The fourth-order valence-corrected chi connectivity index (χ4v) is 2.44. The highest BCUT2D eigenvalue weighted by atomic mass is 16.6. The molecule has 0 radical (unpaired) electrons. The van der Waals surface area contributed by atoms with E-state index in [-0.39, 0.29) is 0 Å². The number of amides is 1. The highest BCUT2D eigenvalue weighted by molar-refractivity contribution is 5.68. The molecule has 1 amide bonds. The molecule has 2 rings (SSSR count). The Kier molecular flexibility index (Phi) is 5.08. The molecule has 0 aliphatic carbocycles. The van der Waals surface area contributed by atoms with Gasteiger partial charge >= 0.3 is 6.09 Å². The first-order valence-corrected chi connectivity index (χ1v) is 7.49. The van der Waals surface area contributed by atoms with Gasteiger partial charge in [-0.25, -0.2) is 4.79 Å². The van der Waals surface area contributed by atoms with Crippen LogP contribution in [0.25, 0.3) is 0 Å². The number of hydrogen-bond acceptors (Lipinski definition) is 5. The second kappa shape index (κ2) is 6.66. The lowest BCUT2D eigenvalue weighted by molar-refractivity contribution is -0.0660. The number of ether oxygens (including phenoxy) is 2. The minimum absolute atomic E-state index is 0.306. The maximum absolute atomic E-state index is 12.3. The van der Waals surface area contributed by atoms with Crippen LogP contribution >= 0.6 is 0 Å². The zero-order valence-electron chi connectivity index (χ0n) is 13.7. The van der Waals surface area contributed by atoms with Crippen molar-refractivity contribution < 1.29 is 19.4 Å². The van der Waals surface area contributed by atoms with Gasteiger partial charge in [0.05, 0.1) is 31.6 Å². The van der Waals surface area contributed by atoms with Gasteiger partial charge < -0.3 is 14.6 Å². The van der Waals surface area contributed by atoms with E-state index in [0.717, 1.165) is 5.56 Å². The van der Waals surface area contributed by atoms with E-state index in [9.17, 15) is 9.90 Å². The summed E-state index contributed by atoms with van der Waals surface area (Å²) < 4.78 is 12.5. The second-order valence-electron chi connectivity index (χ2n) is 6.61. The maximum atomic E-state index is 12.3. The van der Waals surface area contributed by atoms with Crippen molar-refractivity contribution in [3.63, 3.8) is 0 Å². The number of nitrogens with zero attached hydrogens (tertiary/aromatic N) is 3. The Bertz CT molecular complexity index is 509. The van der Waals surface area contributed by atoms with E-state index in [1.165, 1.54) is 0 Å². The number of rotatable bonds is 3. The van der Waals surface area contributed by atoms with Gasteiger partial charge in [0.2, 0.25) is 0 Å². The molecule has 1 aliphatic rings. The summed E-state index contributed by atoms with van der Waals surface area (Å²) in [5.41, 5.74) is 0.360. The standard InChI is InChI=1S/C15H25N3O4/c1-15(2,3)22-14(20)18-5-6-21-10-12(18)13(19)7-11-8-16-17(4)9-11/h8-9,12-13,19H,5-7,10H2,1-4H3. The molecule has 1 N–H and O–H groups in total. The van der Waals surface area contributed by atoms with Crippen LogP contribution in [-0.2, 0) is 22.9 Å². The van der Waals surface area contributed by atoms with Crippen LogP contribution in [0, 0.1) is 0 Å². The number of aromatic nitrogens is 2. The fourth-order valence-electron chi connectivity index (χ4n) is 2.44. The number of aliphatic hydroxyl groups is 1.